The lowest BCUT2D eigenvalue weighted by atomic mass is 10.2. The molecule has 5 nitrogen and oxygen atoms in total. The molecule has 1 aromatic carbocycles. The van der Waals surface area contributed by atoms with Crippen LogP contribution in [0, 0.1) is 15.9 Å². The first-order valence-electron chi connectivity index (χ1n) is 4.44. The maximum atomic E-state index is 13.2. The van der Waals surface area contributed by atoms with Gasteiger partial charge in [0, 0.05) is 19.2 Å². The molecular weight excluding hydrogens is 203 g/mol. The number of hydrogen-bond donors (Lipinski definition) is 2. The number of rotatable bonds is 5. The molecule has 0 fully saturated rings. The largest absolute Gasteiger partial charge is 0.396 e. The molecule has 0 heterocycles. The molecule has 0 aliphatic carbocycles. The molecular formula is C9H11FN2O3. The fraction of sp³-hybridized carbons (Fsp3) is 0.333. The van der Waals surface area contributed by atoms with Crippen LogP contribution in [0.2, 0.25) is 0 Å². The van der Waals surface area contributed by atoms with E-state index in [9.17, 15) is 14.5 Å². The van der Waals surface area contributed by atoms with Gasteiger partial charge in [-0.05, 0) is 12.5 Å². The molecule has 15 heavy (non-hydrogen) atoms. The highest BCUT2D eigenvalue weighted by molar-refractivity contribution is 5.49. The van der Waals surface area contributed by atoms with Gasteiger partial charge in [0.2, 0.25) is 0 Å². The number of aliphatic hydroxyl groups is 1. The topological polar surface area (TPSA) is 75.4 Å². The smallest absolute Gasteiger partial charge is 0.272 e. The van der Waals surface area contributed by atoms with Gasteiger partial charge in [-0.2, -0.15) is 0 Å². The number of nitrogens with one attached hydrogen (secondary N) is 1. The summed E-state index contributed by atoms with van der Waals surface area (Å²) in [5.41, 5.74) is -0.0748. The molecule has 0 atom stereocenters. The first kappa shape index (κ1) is 11.4. The summed E-state index contributed by atoms with van der Waals surface area (Å²) in [5, 5.41) is 21.5. The molecule has 1 aromatic rings. The van der Waals surface area contributed by atoms with E-state index < -0.39 is 10.7 Å². The van der Waals surface area contributed by atoms with Gasteiger partial charge < -0.3 is 10.4 Å². The van der Waals surface area contributed by atoms with Crippen molar-refractivity contribution in [2.24, 2.45) is 0 Å². The van der Waals surface area contributed by atoms with Crippen LogP contribution in [-0.2, 0) is 0 Å². The number of hydrogen-bond acceptors (Lipinski definition) is 4. The number of nitro benzene ring substituents is 1. The van der Waals surface area contributed by atoms with Gasteiger partial charge in [0.25, 0.3) is 5.69 Å². The van der Waals surface area contributed by atoms with E-state index in [1.165, 1.54) is 12.1 Å². The van der Waals surface area contributed by atoms with E-state index in [0.717, 1.165) is 6.07 Å². The van der Waals surface area contributed by atoms with Gasteiger partial charge >= 0.3 is 0 Å². The zero-order chi connectivity index (χ0) is 11.3. The van der Waals surface area contributed by atoms with E-state index in [-0.39, 0.29) is 18.0 Å². The Morgan fingerprint density at radius 1 is 1.53 bits per heavy atom. The SMILES string of the molecule is O=[N+]([O-])c1ccc(NCCCO)c(F)c1. The Kier molecular flexibility index (Phi) is 3.99. The Hall–Kier alpha value is -1.69. The summed E-state index contributed by atoms with van der Waals surface area (Å²) >= 11 is 0. The van der Waals surface area contributed by atoms with E-state index in [0.29, 0.717) is 13.0 Å². The Balaban J connectivity index is 2.70. The number of halogens is 1. The predicted octanol–water partition coefficient (Wildman–Crippen LogP) is 1.53. The zero-order valence-electron chi connectivity index (χ0n) is 7.94. The van der Waals surface area contributed by atoms with Crippen molar-refractivity contribution in [2.45, 2.75) is 6.42 Å². The fourth-order valence-electron chi connectivity index (χ4n) is 1.06. The number of benzene rings is 1. The molecule has 0 aromatic heterocycles. The minimum Gasteiger partial charge on any atom is -0.396 e. The first-order chi connectivity index (χ1) is 7.15. The Morgan fingerprint density at radius 3 is 2.80 bits per heavy atom. The molecule has 0 aliphatic heterocycles. The summed E-state index contributed by atoms with van der Waals surface area (Å²) < 4.78 is 13.2. The minimum atomic E-state index is -0.665. The van der Waals surface area contributed by atoms with Crippen LogP contribution in [0.15, 0.2) is 18.2 Å². The maximum absolute atomic E-state index is 13.2. The maximum Gasteiger partial charge on any atom is 0.272 e. The zero-order valence-corrected chi connectivity index (χ0v) is 7.94. The van der Waals surface area contributed by atoms with Gasteiger partial charge in [0.05, 0.1) is 16.7 Å². The number of anilines is 1. The van der Waals surface area contributed by atoms with Crippen LogP contribution in [-0.4, -0.2) is 23.2 Å². The summed E-state index contributed by atoms with van der Waals surface area (Å²) in [7, 11) is 0. The van der Waals surface area contributed by atoms with Crippen LogP contribution in [0.1, 0.15) is 6.42 Å². The van der Waals surface area contributed by atoms with Crippen LogP contribution in [0.25, 0.3) is 0 Å². The second-order valence-corrected chi connectivity index (χ2v) is 2.93. The lowest BCUT2D eigenvalue weighted by molar-refractivity contribution is -0.385. The van der Waals surface area contributed by atoms with E-state index in [2.05, 4.69) is 5.32 Å². The van der Waals surface area contributed by atoms with Gasteiger partial charge in [0.15, 0.2) is 5.82 Å². The van der Waals surface area contributed by atoms with Crippen LogP contribution >= 0.6 is 0 Å². The van der Waals surface area contributed by atoms with E-state index in [4.69, 9.17) is 5.11 Å². The third kappa shape index (κ3) is 3.17. The van der Waals surface area contributed by atoms with E-state index in [1.807, 2.05) is 0 Å². The number of non-ortho nitro benzene ring substituents is 1. The summed E-state index contributed by atoms with van der Waals surface area (Å²) in [6.45, 7) is 0.437. The van der Waals surface area contributed by atoms with Crippen molar-refractivity contribution >= 4 is 11.4 Å². The molecule has 2 N–H and O–H groups in total. The van der Waals surface area contributed by atoms with E-state index >= 15 is 0 Å². The standard InChI is InChI=1S/C9H11FN2O3/c10-8-6-7(12(14)15)2-3-9(8)11-4-1-5-13/h2-3,6,11,13H,1,4-5H2. The molecule has 82 valence electrons. The van der Waals surface area contributed by atoms with Crippen molar-refractivity contribution in [3.63, 3.8) is 0 Å². The van der Waals surface area contributed by atoms with Crippen LogP contribution in [0.3, 0.4) is 0 Å². The molecule has 0 amide bonds. The third-order valence-electron chi connectivity index (χ3n) is 1.81. The highest BCUT2D eigenvalue weighted by Gasteiger charge is 2.09. The summed E-state index contributed by atoms with van der Waals surface area (Å²) in [5.74, 6) is -0.665. The van der Waals surface area contributed by atoms with E-state index in [1.54, 1.807) is 0 Å². The lowest BCUT2D eigenvalue weighted by Gasteiger charge is -2.05. The number of aliphatic hydroxyl groups excluding tert-OH is 1. The molecule has 0 spiro atoms. The second kappa shape index (κ2) is 5.26. The molecule has 0 unspecified atom stereocenters. The summed E-state index contributed by atoms with van der Waals surface area (Å²) in [6.07, 6.45) is 0.496. The van der Waals surface area contributed by atoms with Crippen LogP contribution < -0.4 is 5.32 Å². The van der Waals surface area contributed by atoms with Gasteiger partial charge in [-0.15, -0.1) is 0 Å². The quantitative estimate of drug-likeness (QED) is 0.442. The molecule has 0 saturated heterocycles. The average Bonchev–Trinajstić information content (AvgIpc) is 2.20. The monoisotopic (exact) mass is 214 g/mol. The van der Waals surface area contributed by atoms with Gasteiger partial charge in [-0.1, -0.05) is 0 Å². The Labute approximate surface area is 85.7 Å². The highest BCUT2D eigenvalue weighted by atomic mass is 19.1. The van der Waals surface area contributed by atoms with Gasteiger partial charge in [-0.3, -0.25) is 10.1 Å². The van der Waals surface area contributed by atoms with Crippen LogP contribution in [0.5, 0.6) is 0 Å². The third-order valence-corrected chi connectivity index (χ3v) is 1.81. The van der Waals surface area contributed by atoms with Gasteiger partial charge in [0.1, 0.15) is 0 Å². The second-order valence-electron chi connectivity index (χ2n) is 2.93. The van der Waals surface area contributed by atoms with Crippen molar-refractivity contribution in [2.75, 3.05) is 18.5 Å². The van der Waals surface area contributed by atoms with Gasteiger partial charge in [-0.25, -0.2) is 4.39 Å². The molecule has 1 rings (SSSR count). The first-order valence-corrected chi connectivity index (χ1v) is 4.44. The fourth-order valence-corrected chi connectivity index (χ4v) is 1.06. The number of nitro groups is 1. The lowest BCUT2D eigenvalue weighted by Crippen LogP contribution is -2.05. The van der Waals surface area contributed by atoms with Crippen molar-refractivity contribution in [1.29, 1.82) is 0 Å². The van der Waals surface area contributed by atoms with Crippen molar-refractivity contribution in [1.82, 2.24) is 0 Å². The molecule has 0 bridgehead atoms. The molecule has 0 saturated carbocycles. The molecule has 0 radical (unpaired) electrons. The average molecular weight is 214 g/mol. The normalized spacial score (nSPS) is 10.0. The minimum absolute atomic E-state index is 0.0155. The molecule has 0 aliphatic rings. The Morgan fingerprint density at radius 2 is 2.27 bits per heavy atom. The predicted molar refractivity (Wildman–Crippen MR) is 53.2 cm³/mol. The Bertz CT molecular complexity index is 357. The summed E-state index contributed by atoms with van der Waals surface area (Å²) in [6, 6.07) is 3.40. The van der Waals surface area contributed by atoms with Crippen molar-refractivity contribution in [3.05, 3.63) is 34.1 Å². The summed E-state index contributed by atoms with van der Waals surface area (Å²) in [4.78, 5) is 9.66. The van der Waals surface area contributed by atoms with Crippen LogP contribution in [0.4, 0.5) is 15.8 Å². The van der Waals surface area contributed by atoms with Crippen molar-refractivity contribution in [3.8, 4) is 0 Å². The van der Waals surface area contributed by atoms with Crippen molar-refractivity contribution < 1.29 is 14.4 Å². The number of nitrogens with zero attached hydrogens (tertiary/aromatic N) is 1. The molecule has 6 heteroatoms. The highest BCUT2D eigenvalue weighted by Crippen LogP contribution is 2.20.